The Morgan fingerprint density at radius 1 is 1.09 bits per heavy atom. The maximum absolute atomic E-state index is 12.8. The van der Waals surface area contributed by atoms with Crippen molar-refractivity contribution in [2.24, 2.45) is 0 Å². The number of hydrogen-bond donors (Lipinski definition) is 0. The smallest absolute Gasteiger partial charge is 0.222 e. The second-order valence-electron chi connectivity index (χ2n) is 8.36. The fourth-order valence-electron chi connectivity index (χ4n) is 4.22. The van der Waals surface area contributed by atoms with Gasteiger partial charge < -0.3 is 14.6 Å². The highest BCUT2D eigenvalue weighted by Gasteiger charge is 2.24. The Bertz CT molecular complexity index is 1290. The van der Waals surface area contributed by atoms with E-state index in [2.05, 4.69) is 35.1 Å². The third kappa shape index (κ3) is 4.54. The summed E-state index contributed by atoms with van der Waals surface area (Å²) >= 11 is 1.76. The first-order chi connectivity index (χ1) is 16.7. The maximum Gasteiger partial charge on any atom is 0.222 e. The molecule has 0 bridgehead atoms. The molecule has 1 aliphatic heterocycles. The van der Waals surface area contributed by atoms with Gasteiger partial charge in [-0.15, -0.1) is 16.4 Å². The molecule has 1 aliphatic rings. The van der Waals surface area contributed by atoms with Crippen molar-refractivity contribution in [3.05, 3.63) is 41.0 Å². The largest absolute Gasteiger partial charge is 0.395 e. The van der Waals surface area contributed by atoms with E-state index in [1.165, 1.54) is 9.72 Å². The molecule has 178 valence electrons. The monoisotopic (exact) mass is 479 g/mol. The van der Waals surface area contributed by atoms with Crippen LogP contribution in [0, 0.1) is 0 Å². The van der Waals surface area contributed by atoms with Gasteiger partial charge in [0.15, 0.2) is 0 Å². The van der Waals surface area contributed by atoms with Crippen molar-refractivity contribution in [1.82, 2.24) is 30.0 Å². The van der Waals surface area contributed by atoms with Gasteiger partial charge in [-0.25, -0.2) is 9.97 Å². The van der Waals surface area contributed by atoms with Gasteiger partial charge in [-0.3, -0.25) is 4.79 Å². The first-order valence-electron chi connectivity index (χ1n) is 11.9. The summed E-state index contributed by atoms with van der Waals surface area (Å²) in [6.45, 7) is 7.62. The summed E-state index contributed by atoms with van der Waals surface area (Å²) in [5.74, 6) is 2.06. The molecule has 0 spiro atoms. The summed E-state index contributed by atoms with van der Waals surface area (Å²) in [6.07, 6.45) is 2.90. The SMILES string of the molecule is CCc1nc(N2CCN(C(=O)CCCOn3nnc4ccccc43)CC2)c2cc(CC)sc2n1. The molecule has 0 saturated carbocycles. The molecule has 1 amide bonds. The number of carbonyl (C=O) groups is 1. The predicted octanol–water partition coefficient (Wildman–Crippen LogP) is 3.12. The lowest BCUT2D eigenvalue weighted by Crippen LogP contribution is -2.49. The van der Waals surface area contributed by atoms with Crippen molar-refractivity contribution in [3.63, 3.8) is 0 Å². The average Bonchev–Trinajstić information content (AvgIpc) is 3.50. The number of carbonyl (C=O) groups excluding carboxylic acids is 1. The molecule has 1 aromatic carbocycles. The number of aryl methyl sites for hydroxylation is 2. The number of thiophene rings is 1. The van der Waals surface area contributed by atoms with Crippen LogP contribution in [0.2, 0.25) is 0 Å². The molecule has 1 fully saturated rings. The fraction of sp³-hybridized carbons (Fsp3) is 0.458. The second kappa shape index (κ2) is 9.92. The van der Waals surface area contributed by atoms with Crippen LogP contribution in [0.1, 0.15) is 37.4 Å². The van der Waals surface area contributed by atoms with E-state index < -0.39 is 0 Å². The van der Waals surface area contributed by atoms with Crippen molar-refractivity contribution >= 4 is 44.3 Å². The van der Waals surface area contributed by atoms with E-state index in [1.54, 1.807) is 11.3 Å². The number of amides is 1. The van der Waals surface area contributed by atoms with E-state index in [0.29, 0.717) is 32.5 Å². The van der Waals surface area contributed by atoms with Crippen LogP contribution < -0.4 is 9.74 Å². The van der Waals surface area contributed by atoms with Crippen molar-refractivity contribution in [2.75, 3.05) is 37.7 Å². The molecule has 4 aromatic rings. The molecular formula is C24H29N7O2S. The molecule has 9 nitrogen and oxygen atoms in total. The molecule has 3 aromatic heterocycles. The van der Waals surface area contributed by atoms with Gasteiger partial charge in [0.2, 0.25) is 5.91 Å². The van der Waals surface area contributed by atoms with Gasteiger partial charge in [-0.1, -0.05) is 30.8 Å². The standard InChI is InChI=1S/C24H29N7O2S/c1-3-17-16-18-23(25-21(4-2)26-24(18)34-17)30-13-11-29(12-14-30)22(32)10-7-15-33-31-20-9-6-5-8-19(20)27-28-31/h5-6,8-9,16H,3-4,7,10-15H2,1-2H3. The number of nitrogens with zero attached hydrogens (tertiary/aromatic N) is 7. The highest BCUT2D eigenvalue weighted by molar-refractivity contribution is 7.18. The van der Waals surface area contributed by atoms with Gasteiger partial charge in [0, 0.05) is 43.9 Å². The third-order valence-corrected chi connectivity index (χ3v) is 7.31. The summed E-state index contributed by atoms with van der Waals surface area (Å²) in [7, 11) is 0. The van der Waals surface area contributed by atoms with Gasteiger partial charge in [0.25, 0.3) is 0 Å². The third-order valence-electron chi connectivity index (χ3n) is 6.14. The van der Waals surface area contributed by atoms with Gasteiger partial charge in [0.05, 0.1) is 5.39 Å². The number of rotatable bonds is 8. The van der Waals surface area contributed by atoms with Gasteiger partial charge in [0.1, 0.15) is 34.1 Å². The van der Waals surface area contributed by atoms with Crippen LogP contribution in [-0.2, 0) is 17.6 Å². The molecule has 0 atom stereocenters. The molecule has 1 saturated heterocycles. The number of para-hydroxylation sites is 1. The molecule has 5 rings (SSSR count). The van der Waals surface area contributed by atoms with E-state index in [-0.39, 0.29) is 5.91 Å². The van der Waals surface area contributed by atoms with Crippen LogP contribution in [0.15, 0.2) is 30.3 Å². The molecule has 0 unspecified atom stereocenters. The summed E-state index contributed by atoms with van der Waals surface area (Å²) in [5.41, 5.74) is 1.61. The topological polar surface area (TPSA) is 89.3 Å². The zero-order valence-electron chi connectivity index (χ0n) is 19.6. The molecule has 34 heavy (non-hydrogen) atoms. The number of aromatic nitrogens is 5. The van der Waals surface area contributed by atoms with Crippen LogP contribution >= 0.6 is 11.3 Å². The molecule has 4 heterocycles. The average molecular weight is 480 g/mol. The Balaban J connectivity index is 1.14. The van der Waals surface area contributed by atoms with Crippen LogP contribution in [0.3, 0.4) is 0 Å². The predicted molar refractivity (Wildman–Crippen MR) is 133 cm³/mol. The number of anilines is 1. The molecule has 0 N–H and O–H groups in total. The normalized spacial score (nSPS) is 14.3. The fourth-order valence-corrected chi connectivity index (χ4v) is 5.20. The summed E-state index contributed by atoms with van der Waals surface area (Å²) in [5, 5.41) is 9.22. The van der Waals surface area contributed by atoms with Crippen LogP contribution in [0.4, 0.5) is 5.82 Å². The van der Waals surface area contributed by atoms with Gasteiger partial charge in [-0.2, -0.15) is 0 Å². The zero-order valence-corrected chi connectivity index (χ0v) is 20.4. The number of piperazine rings is 1. The number of fused-ring (bicyclic) bond motifs is 2. The van der Waals surface area contributed by atoms with E-state index in [1.807, 2.05) is 29.2 Å². The Morgan fingerprint density at radius 3 is 2.71 bits per heavy atom. The lowest BCUT2D eigenvalue weighted by molar-refractivity contribution is -0.131. The summed E-state index contributed by atoms with van der Waals surface area (Å²) in [6, 6.07) is 9.87. The molecule has 0 aliphatic carbocycles. The van der Waals surface area contributed by atoms with Crippen LogP contribution in [-0.4, -0.2) is 68.7 Å². The summed E-state index contributed by atoms with van der Waals surface area (Å²) in [4.78, 5) is 36.1. The summed E-state index contributed by atoms with van der Waals surface area (Å²) < 4.78 is 0. The minimum atomic E-state index is 0.164. The van der Waals surface area contributed by atoms with Crippen molar-refractivity contribution in [2.45, 2.75) is 39.5 Å². The highest BCUT2D eigenvalue weighted by Crippen LogP contribution is 2.32. The molecule has 0 radical (unpaired) electrons. The quantitative estimate of drug-likeness (QED) is 0.359. The molecule has 10 heteroatoms. The van der Waals surface area contributed by atoms with Crippen molar-refractivity contribution in [3.8, 4) is 0 Å². The number of benzene rings is 1. The lowest BCUT2D eigenvalue weighted by atomic mass is 10.2. The van der Waals surface area contributed by atoms with Gasteiger partial charge >= 0.3 is 0 Å². The number of hydrogen-bond acceptors (Lipinski definition) is 8. The molecular weight excluding hydrogens is 450 g/mol. The van der Waals surface area contributed by atoms with E-state index >= 15 is 0 Å². The first-order valence-corrected chi connectivity index (χ1v) is 12.7. The lowest BCUT2D eigenvalue weighted by Gasteiger charge is -2.35. The van der Waals surface area contributed by atoms with E-state index in [0.717, 1.165) is 58.8 Å². The van der Waals surface area contributed by atoms with Crippen molar-refractivity contribution < 1.29 is 9.63 Å². The van der Waals surface area contributed by atoms with E-state index in [4.69, 9.17) is 14.8 Å². The Labute approximate surface area is 202 Å². The zero-order chi connectivity index (χ0) is 23.5. The van der Waals surface area contributed by atoms with Crippen LogP contribution in [0.25, 0.3) is 21.3 Å². The maximum atomic E-state index is 12.8. The van der Waals surface area contributed by atoms with Gasteiger partial charge in [-0.05, 0) is 36.3 Å². The highest BCUT2D eigenvalue weighted by atomic mass is 32.1. The second-order valence-corrected chi connectivity index (χ2v) is 9.47. The van der Waals surface area contributed by atoms with Crippen LogP contribution in [0.5, 0.6) is 0 Å². The minimum absolute atomic E-state index is 0.164. The van der Waals surface area contributed by atoms with Crippen molar-refractivity contribution in [1.29, 1.82) is 0 Å². The Hall–Kier alpha value is -3.27. The Morgan fingerprint density at radius 2 is 1.91 bits per heavy atom. The Kier molecular flexibility index (Phi) is 6.57. The minimum Gasteiger partial charge on any atom is -0.395 e. The van der Waals surface area contributed by atoms with E-state index in [9.17, 15) is 4.79 Å². The first kappa shape index (κ1) is 22.5.